The summed E-state index contributed by atoms with van der Waals surface area (Å²) in [6.07, 6.45) is 4.10. The van der Waals surface area contributed by atoms with Gasteiger partial charge in [-0.3, -0.25) is 4.79 Å². The van der Waals surface area contributed by atoms with Crippen molar-refractivity contribution < 1.29 is 13.5 Å². The monoisotopic (exact) mass is 320 g/mol. The SMILES string of the molecule is CN(CC1(O)CCCC1)S(=O)(=O)c1c[nH]c(=O)c(Cl)c1. The van der Waals surface area contributed by atoms with Gasteiger partial charge in [-0.1, -0.05) is 24.4 Å². The summed E-state index contributed by atoms with van der Waals surface area (Å²) in [5.74, 6) is 0. The van der Waals surface area contributed by atoms with Gasteiger partial charge in [-0.05, 0) is 18.9 Å². The number of halogens is 1. The molecule has 1 aliphatic rings. The molecule has 1 aliphatic carbocycles. The fourth-order valence-corrected chi connectivity index (χ4v) is 3.94. The number of aromatic nitrogens is 1. The summed E-state index contributed by atoms with van der Waals surface area (Å²) in [4.78, 5) is 13.3. The number of pyridine rings is 1. The van der Waals surface area contributed by atoms with E-state index in [0.717, 1.165) is 29.4 Å². The van der Waals surface area contributed by atoms with Crippen molar-refractivity contribution in [3.63, 3.8) is 0 Å². The smallest absolute Gasteiger partial charge is 0.266 e. The van der Waals surface area contributed by atoms with Crippen molar-refractivity contribution in [2.45, 2.75) is 36.2 Å². The van der Waals surface area contributed by atoms with E-state index in [2.05, 4.69) is 4.98 Å². The highest BCUT2D eigenvalue weighted by molar-refractivity contribution is 7.89. The molecule has 0 aliphatic heterocycles. The predicted octanol–water partition coefficient (Wildman–Crippen LogP) is 0.954. The molecule has 2 rings (SSSR count). The second-order valence-corrected chi connectivity index (χ2v) is 7.66. The maximum Gasteiger partial charge on any atom is 0.266 e. The van der Waals surface area contributed by atoms with E-state index in [1.54, 1.807) is 0 Å². The number of rotatable bonds is 4. The Morgan fingerprint density at radius 2 is 2.05 bits per heavy atom. The van der Waals surface area contributed by atoms with Crippen molar-refractivity contribution in [3.8, 4) is 0 Å². The number of hydrogen-bond acceptors (Lipinski definition) is 4. The highest BCUT2D eigenvalue weighted by Crippen LogP contribution is 2.31. The van der Waals surface area contributed by atoms with Crippen LogP contribution in [0.15, 0.2) is 22.0 Å². The maximum absolute atomic E-state index is 12.4. The number of nitrogens with one attached hydrogen (secondary N) is 1. The summed E-state index contributed by atoms with van der Waals surface area (Å²) < 4.78 is 25.8. The minimum absolute atomic E-state index is 0.0338. The van der Waals surface area contributed by atoms with Crippen LogP contribution in [0.4, 0.5) is 0 Å². The number of sulfonamides is 1. The van der Waals surface area contributed by atoms with Crippen molar-refractivity contribution >= 4 is 21.6 Å². The third-order valence-corrected chi connectivity index (χ3v) is 5.65. The Kier molecular flexibility index (Phi) is 4.24. The van der Waals surface area contributed by atoms with E-state index in [1.165, 1.54) is 7.05 Å². The Bertz CT molecular complexity index is 650. The zero-order chi connectivity index (χ0) is 15.0. The summed E-state index contributed by atoms with van der Waals surface area (Å²) in [5.41, 5.74) is -1.50. The molecule has 0 saturated heterocycles. The summed E-state index contributed by atoms with van der Waals surface area (Å²) in [5, 5.41) is 10.1. The Morgan fingerprint density at radius 1 is 1.45 bits per heavy atom. The van der Waals surface area contributed by atoms with Crippen LogP contribution in [0.25, 0.3) is 0 Å². The van der Waals surface area contributed by atoms with E-state index in [1.807, 2.05) is 0 Å². The molecular weight excluding hydrogens is 304 g/mol. The molecule has 0 spiro atoms. The number of H-pyrrole nitrogens is 1. The van der Waals surface area contributed by atoms with Gasteiger partial charge in [-0.25, -0.2) is 8.42 Å². The van der Waals surface area contributed by atoms with E-state index in [0.29, 0.717) is 12.8 Å². The first-order chi connectivity index (χ1) is 9.24. The fraction of sp³-hybridized carbons (Fsp3) is 0.583. The standard InChI is InChI=1S/C12H17ClN2O4S/c1-15(8-12(17)4-2-3-5-12)20(18,19)9-6-10(13)11(16)14-7-9/h6-7,17H,2-5,8H2,1H3,(H,14,16). The quantitative estimate of drug-likeness (QED) is 0.864. The van der Waals surface area contributed by atoms with Gasteiger partial charge in [0.2, 0.25) is 10.0 Å². The molecule has 112 valence electrons. The number of aromatic amines is 1. The van der Waals surface area contributed by atoms with Crippen molar-refractivity contribution in [1.29, 1.82) is 0 Å². The number of aliphatic hydroxyl groups is 1. The van der Waals surface area contributed by atoms with Crippen LogP contribution in [0.3, 0.4) is 0 Å². The Hall–Kier alpha value is -0.890. The predicted molar refractivity (Wildman–Crippen MR) is 75.3 cm³/mol. The molecule has 0 bridgehead atoms. The van der Waals surface area contributed by atoms with Crippen molar-refractivity contribution in [2.75, 3.05) is 13.6 Å². The zero-order valence-corrected chi connectivity index (χ0v) is 12.7. The van der Waals surface area contributed by atoms with E-state index in [9.17, 15) is 18.3 Å². The minimum Gasteiger partial charge on any atom is -0.389 e. The first-order valence-corrected chi connectivity index (χ1v) is 8.13. The van der Waals surface area contributed by atoms with Crippen molar-refractivity contribution in [3.05, 3.63) is 27.6 Å². The summed E-state index contributed by atoms with van der Waals surface area (Å²) in [7, 11) is -2.38. The van der Waals surface area contributed by atoms with E-state index in [-0.39, 0.29) is 16.5 Å². The van der Waals surface area contributed by atoms with Crippen molar-refractivity contribution in [1.82, 2.24) is 9.29 Å². The molecule has 0 unspecified atom stereocenters. The Labute approximate surface area is 122 Å². The number of nitrogens with zero attached hydrogens (tertiary/aromatic N) is 1. The molecule has 1 aromatic heterocycles. The topological polar surface area (TPSA) is 90.5 Å². The molecule has 0 radical (unpaired) electrons. The molecule has 6 nitrogen and oxygen atoms in total. The van der Waals surface area contributed by atoms with Gasteiger partial charge in [0.15, 0.2) is 0 Å². The third kappa shape index (κ3) is 3.06. The van der Waals surface area contributed by atoms with Gasteiger partial charge in [-0.2, -0.15) is 4.31 Å². The molecule has 0 amide bonds. The van der Waals surface area contributed by atoms with Gasteiger partial charge in [0.25, 0.3) is 5.56 Å². The second kappa shape index (κ2) is 5.48. The molecule has 20 heavy (non-hydrogen) atoms. The van der Waals surface area contributed by atoms with Gasteiger partial charge in [-0.15, -0.1) is 0 Å². The Morgan fingerprint density at radius 3 is 2.60 bits per heavy atom. The lowest BCUT2D eigenvalue weighted by Gasteiger charge is -2.28. The molecule has 1 aromatic rings. The molecule has 1 saturated carbocycles. The van der Waals surface area contributed by atoms with Crippen LogP contribution < -0.4 is 5.56 Å². The molecular formula is C12H17ClN2O4S. The molecule has 0 atom stereocenters. The van der Waals surface area contributed by atoms with Crippen LogP contribution in [0.1, 0.15) is 25.7 Å². The lowest BCUT2D eigenvalue weighted by molar-refractivity contribution is 0.0333. The van der Waals surface area contributed by atoms with Crippen LogP contribution in [0, 0.1) is 0 Å². The molecule has 0 aromatic carbocycles. The largest absolute Gasteiger partial charge is 0.389 e. The Balaban J connectivity index is 2.25. The molecule has 2 N–H and O–H groups in total. The van der Waals surface area contributed by atoms with Crippen LogP contribution in [-0.4, -0.2) is 42.0 Å². The molecule has 1 fully saturated rings. The second-order valence-electron chi connectivity index (χ2n) is 5.20. The van der Waals surface area contributed by atoms with Crippen LogP contribution in [0.5, 0.6) is 0 Å². The number of likely N-dealkylation sites (N-methyl/N-ethyl adjacent to an activating group) is 1. The average molecular weight is 321 g/mol. The zero-order valence-electron chi connectivity index (χ0n) is 11.1. The first-order valence-electron chi connectivity index (χ1n) is 6.32. The summed E-state index contributed by atoms with van der Waals surface area (Å²) >= 11 is 5.65. The van der Waals surface area contributed by atoms with E-state index >= 15 is 0 Å². The van der Waals surface area contributed by atoms with Gasteiger partial charge in [0.05, 0.1) is 10.5 Å². The van der Waals surface area contributed by atoms with Gasteiger partial charge in [0, 0.05) is 19.8 Å². The highest BCUT2D eigenvalue weighted by atomic mass is 35.5. The minimum atomic E-state index is -3.79. The molecule has 1 heterocycles. The highest BCUT2D eigenvalue weighted by Gasteiger charge is 2.35. The van der Waals surface area contributed by atoms with Crippen LogP contribution >= 0.6 is 11.6 Å². The van der Waals surface area contributed by atoms with Gasteiger partial charge < -0.3 is 10.1 Å². The van der Waals surface area contributed by atoms with Crippen molar-refractivity contribution in [2.24, 2.45) is 0 Å². The van der Waals surface area contributed by atoms with E-state index in [4.69, 9.17) is 11.6 Å². The van der Waals surface area contributed by atoms with Gasteiger partial charge in [0.1, 0.15) is 5.02 Å². The van der Waals surface area contributed by atoms with Gasteiger partial charge >= 0.3 is 0 Å². The average Bonchev–Trinajstić information content (AvgIpc) is 2.79. The maximum atomic E-state index is 12.4. The lowest BCUT2D eigenvalue weighted by Crippen LogP contribution is -2.42. The number of hydrogen-bond donors (Lipinski definition) is 2. The summed E-state index contributed by atoms with van der Waals surface area (Å²) in [6, 6.07) is 1.12. The fourth-order valence-electron chi connectivity index (χ4n) is 2.46. The summed E-state index contributed by atoms with van der Waals surface area (Å²) in [6.45, 7) is 0.0338. The van der Waals surface area contributed by atoms with Crippen LogP contribution in [-0.2, 0) is 10.0 Å². The lowest BCUT2D eigenvalue weighted by atomic mass is 10.0. The third-order valence-electron chi connectivity index (χ3n) is 3.59. The van der Waals surface area contributed by atoms with Crippen LogP contribution in [0.2, 0.25) is 5.02 Å². The first kappa shape index (κ1) is 15.5. The van der Waals surface area contributed by atoms with E-state index < -0.39 is 21.2 Å². The molecule has 8 heteroatoms. The normalized spacial score (nSPS) is 18.6.